The summed E-state index contributed by atoms with van der Waals surface area (Å²) >= 11 is 0. The molecule has 0 spiro atoms. The molecule has 1 fully saturated rings. The van der Waals surface area contributed by atoms with Crippen LogP contribution in [0.5, 0.6) is 0 Å². The lowest BCUT2D eigenvalue weighted by Crippen LogP contribution is -2.46. The summed E-state index contributed by atoms with van der Waals surface area (Å²) in [6.45, 7) is 4.41. The van der Waals surface area contributed by atoms with Gasteiger partial charge in [0.1, 0.15) is 5.72 Å². The second-order valence-electron chi connectivity index (χ2n) is 3.93. The third kappa shape index (κ3) is 3.74. The Balaban J connectivity index is 2.38. The fourth-order valence-corrected chi connectivity index (χ4v) is 1.36. The van der Waals surface area contributed by atoms with Crippen molar-refractivity contribution in [2.24, 2.45) is 5.92 Å². The molecular weight excluding hydrogens is 170 g/mol. The average Bonchev–Trinajstić information content (AvgIpc) is 2.03. The van der Waals surface area contributed by atoms with Crippen LogP contribution in [0, 0.1) is 5.92 Å². The Bertz CT molecular complexity index is 180. The number of ether oxygens (including phenoxy) is 1. The van der Waals surface area contributed by atoms with Gasteiger partial charge in [-0.1, -0.05) is 0 Å². The minimum atomic E-state index is -1.12. The van der Waals surface area contributed by atoms with Gasteiger partial charge in [0.05, 0.1) is 0 Å². The highest BCUT2D eigenvalue weighted by Crippen LogP contribution is 2.15. The Hall–Kier alpha value is -0.610. The van der Waals surface area contributed by atoms with Crippen molar-refractivity contribution in [1.29, 1.82) is 0 Å². The van der Waals surface area contributed by atoms with Crippen molar-refractivity contribution in [2.75, 3.05) is 13.2 Å². The molecule has 0 unspecified atom stereocenters. The highest BCUT2D eigenvalue weighted by atomic mass is 16.5. The summed E-state index contributed by atoms with van der Waals surface area (Å²) in [6.07, 6.45) is 1.50. The van der Waals surface area contributed by atoms with Gasteiger partial charge in [-0.05, 0) is 26.7 Å². The van der Waals surface area contributed by atoms with Crippen molar-refractivity contribution >= 4 is 5.91 Å². The zero-order valence-electron chi connectivity index (χ0n) is 8.17. The van der Waals surface area contributed by atoms with Crippen LogP contribution in [0.25, 0.3) is 0 Å². The summed E-state index contributed by atoms with van der Waals surface area (Å²) in [7, 11) is 0. The first-order valence-electron chi connectivity index (χ1n) is 4.61. The van der Waals surface area contributed by atoms with E-state index in [2.05, 4.69) is 5.32 Å². The molecule has 0 radical (unpaired) electrons. The fourth-order valence-electron chi connectivity index (χ4n) is 1.36. The molecule has 1 aliphatic rings. The first-order chi connectivity index (χ1) is 5.99. The molecule has 0 saturated carbocycles. The Labute approximate surface area is 78.3 Å². The van der Waals surface area contributed by atoms with Gasteiger partial charge in [-0.3, -0.25) is 4.79 Å². The molecule has 76 valence electrons. The number of rotatable bonds is 2. The quantitative estimate of drug-likeness (QED) is 0.609. The summed E-state index contributed by atoms with van der Waals surface area (Å²) in [6, 6.07) is 0. The molecule has 4 nitrogen and oxygen atoms in total. The van der Waals surface area contributed by atoms with E-state index >= 15 is 0 Å². The van der Waals surface area contributed by atoms with Crippen molar-refractivity contribution < 1.29 is 14.6 Å². The second-order valence-corrected chi connectivity index (χ2v) is 3.93. The van der Waals surface area contributed by atoms with E-state index in [0.29, 0.717) is 13.2 Å². The maximum Gasteiger partial charge on any atom is 0.225 e. The number of hydrogen-bond acceptors (Lipinski definition) is 3. The van der Waals surface area contributed by atoms with Crippen molar-refractivity contribution in [3.8, 4) is 0 Å². The molecule has 1 heterocycles. The van der Waals surface area contributed by atoms with Crippen LogP contribution in [0.3, 0.4) is 0 Å². The maximum atomic E-state index is 11.5. The third-order valence-corrected chi connectivity index (χ3v) is 2.02. The van der Waals surface area contributed by atoms with Crippen molar-refractivity contribution in [2.45, 2.75) is 32.4 Å². The number of amides is 1. The molecule has 0 atom stereocenters. The van der Waals surface area contributed by atoms with Gasteiger partial charge in [0.2, 0.25) is 5.91 Å². The van der Waals surface area contributed by atoms with Crippen LogP contribution >= 0.6 is 0 Å². The van der Waals surface area contributed by atoms with E-state index in [9.17, 15) is 9.90 Å². The molecule has 2 N–H and O–H groups in total. The predicted octanol–water partition coefficient (Wildman–Crippen LogP) is 0.258. The average molecular weight is 187 g/mol. The summed E-state index contributed by atoms with van der Waals surface area (Å²) in [5, 5.41) is 11.9. The van der Waals surface area contributed by atoms with E-state index in [4.69, 9.17) is 4.74 Å². The molecule has 4 heteroatoms. The monoisotopic (exact) mass is 187 g/mol. The first-order valence-corrected chi connectivity index (χ1v) is 4.61. The van der Waals surface area contributed by atoms with E-state index < -0.39 is 5.72 Å². The summed E-state index contributed by atoms with van der Waals surface area (Å²) < 4.78 is 5.14. The summed E-state index contributed by atoms with van der Waals surface area (Å²) in [5.41, 5.74) is -1.12. The lowest BCUT2D eigenvalue weighted by atomic mass is 9.99. The van der Waals surface area contributed by atoms with Gasteiger partial charge in [-0.2, -0.15) is 0 Å². The SMILES string of the molecule is CC(C)(O)NC(=O)C1CCOCC1. The smallest absolute Gasteiger partial charge is 0.225 e. The molecule has 13 heavy (non-hydrogen) atoms. The van der Waals surface area contributed by atoms with E-state index in [1.54, 1.807) is 13.8 Å². The van der Waals surface area contributed by atoms with Gasteiger partial charge in [-0.15, -0.1) is 0 Å². The first kappa shape index (κ1) is 10.5. The normalized spacial score (nSPS) is 19.9. The number of hydrogen-bond donors (Lipinski definition) is 2. The molecular formula is C9H17NO3. The van der Waals surface area contributed by atoms with E-state index in [1.807, 2.05) is 0 Å². The van der Waals surface area contributed by atoms with Crippen molar-refractivity contribution in [3.63, 3.8) is 0 Å². The third-order valence-electron chi connectivity index (χ3n) is 2.02. The lowest BCUT2D eigenvalue weighted by Gasteiger charge is -2.26. The molecule has 0 aromatic carbocycles. The van der Waals surface area contributed by atoms with Crippen LogP contribution in [0.4, 0.5) is 0 Å². The molecule has 0 aromatic rings. The maximum absolute atomic E-state index is 11.5. The van der Waals surface area contributed by atoms with Crippen LogP contribution < -0.4 is 5.32 Å². The molecule has 1 saturated heterocycles. The minimum Gasteiger partial charge on any atom is -0.381 e. The molecule has 0 aliphatic carbocycles. The van der Waals surface area contributed by atoms with E-state index in [1.165, 1.54) is 0 Å². The van der Waals surface area contributed by atoms with Gasteiger partial charge in [-0.25, -0.2) is 0 Å². The van der Waals surface area contributed by atoms with Crippen LogP contribution in [-0.2, 0) is 9.53 Å². The molecule has 1 rings (SSSR count). The minimum absolute atomic E-state index is 0.000162. The lowest BCUT2D eigenvalue weighted by molar-refractivity contribution is -0.133. The largest absolute Gasteiger partial charge is 0.381 e. The second kappa shape index (κ2) is 4.07. The zero-order chi connectivity index (χ0) is 9.90. The van der Waals surface area contributed by atoms with Crippen molar-refractivity contribution in [1.82, 2.24) is 5.32 Å². The number of carbonyl (C=O) groups is 1. The Morgan fingerprint density at radius 3 is 2.46 bits per heavy atom. The van der Waals surface area contributed by atoms with E-state index in [0.717, 1.165) is 12.8 Å². The van der Waals surface area contributed by atoms with Crippen LogP contribution in [0.2, 0.25) is 0 Å². The molecule has 1 amide bonds. The van der Waals surface area contributed by atoms with Crippen molar-refractivity contribution in [3.05, 3.63) is 0 Å². The van der Waals surface area contributed by atoms with E-state index in [-0.39, 0.29) is 11.8 Å². The van der Waals surface area contributed by atoms with Gasteiger partial charge in [0, 0.05) is 19.1 Å². The van der Waals surface area contributed by atoms with Gasteiger partial charge in [0.15, 0.2) is 0 Å². The fraction of sp³-hybridized carbons (Fsp3) is 0.889. The van der Waals surface area contributed by atoms with Crippen LogP contribution in [0.1, 0.15) is 26.7 Å². The Morgan fingerprint density at radius 2 is 2.00 bits per heavy atom. The number of nitrogens with one attached hydrogen (secondary N) is 1. The standard InChI is InChI=1S/C9H17NO3/c1-9(2,12)10-8(11)7-3-5-13-6-4-7/h7,12H,3-6H2,1-2H3,(H,10,11). The molecule has 1 aliphatic heterocycles. The predicted molar refractivity (Wildman–Crippen MR) is 48.0 cm³/mol. The zero-order valence-corrected chi connectivity index (χ0v) is 8.17. The number of aliphatic hydroxyl groups is 1. The topological polar surface area (TPSA) is 58.6 Å². The van der Waals surface area contributed by atoms with Gasteiger partial charge in [0.25, 0.3) is 0 Å². The summed E-state index contributed by atoms with van der Waals surface area (Å²) in [4.78, 5) is 11.5. The van der Waals surface area contributed by atoms with Crippen LogP contribution in [0.15, 0.2) is 0 Å². The highest BCUT2D eigenvalue weighted by molar-refractivity contribution is 5.79. The molecule has 0 bridgehead atoms. The summed E-state index contributed by atoms with van der Waals surface area (Å²) in [5.74, 6) is -0.0732. The number of carbonyl (C=O) groups excluding carboxylic acids is 1. The Kier molecular flexibility index (Phi) is 3.27. The highest BCUT2D eigenvalue weighted by Gasteiger charge is 2.25. The Morgan fingerprint density at radius 1 is 1.46 bits per heavy atom. The van der Waals surface area contributed by atoms with Crippen LogP contribution in [-0.4, -0.2) is 30.0 Å². The van der Waals surface area contributed by atoms with Gasteiger partial charge < -0.3 is 15.2 Å². The van der Waals surface area contributed by atoms with Gasteiger partial charge >= 0.3 is 0 Å². The molecule has 0 aromatic heterocycles.